The molecule has 0 spiro atoms. The lowest BCUT2D eigenvalue weighted by atomic mass is 10.1. The molecule has 2 rings (SSSR count). The normalized spacial score (nSPS) is 17.4. The van der Waals surface area contributed by atoms with Crippen LogP contribution in [0.3, 0.4) is 0 Å². The summed E-state index contributed by atoms with van der Waals surface area (Å²) >= 11 is 0. The van der Waals surface area contributed by atoms with Crippen molar-refractivity contribution in [2.45, 2.75) is 12.5 Å². The van der Waals surface area contributed by atoms with Crippen LogP contribution < -0.4 is 5.32 Å². The summed E-state index contributed by atoms with van der Waals surface area (Å²) in [4.78, 5) is 36.4. The maximum absolute atomic E-state index is 12.0. The number of carboxylic acid groups (broad SMARTS) is 1. The van der Waals surface area contributed by atoms with Gasteiger partial charge in [0.15, 0.2) is 5.78 Å². The zero-order valence-corrected chi connectivity index (χ0v) is 11.9. The number of rotatable bonds is 5. The van der Waals surface area contributed by atoms with Gasteiger partial charge in [0.2, 0.25) is 0 Å². The van der Waals surface area contributed by atoms with Crippen LogP contribution >= 0.6 is 0 Å². The number of carbonyl (C=O) groups is 3. The Bertz CT molecular complexity index is 616. The number of hydrogen-bond acceptors (Lipinski definition) is 4. The predicted octanol–water partition coefficient (Wildman–Crippen LogP) is 0.505. The molecule has 112 valence electrons. The van der Waals surface area contributed by atoms with Gasteiger partial charge in [0.1, 0.15) is 5.69 Å². The number of allylic oxidation sites excluding steroid dienone is 1. The molecule has 0 bridgehead atoms. The van der Waals surface area contributed by atoms with Crippen molar-refractivity contribution in [2.75, 3.05) is 20.6 Å². The fourth-order valence-corrected chi connectivity index (χ4v) is 2.18. The Balaban J connectivity index is 2.30. The Morgan fingerprint density at radius 1 is 1.52 bits per heavy atom. The zero-order chi connectivity index (χ0) is 15.6. The third-order valence-electron chi connectivity index (χ3n) is 3.19. The SMILES string of the molecule is CN(C)C=CC(=O)c1cc2n(c1)C(CC(=O)O)CNC2=O. The Labute approximate surface area is 121 Å². The molecule has 0 fully saturated rings. The lowest BCUT2D eigenvalue weighted by molar-refractivity contribution is -0.137. The first-order chi connectivity index (χ1) is 9.88. The predicted molar refractivity (Wildman–Crippen MR) is 75.2 cm³/mol. The molecule has 1 aromatic rings. The average Bonchev–Trinajstić information content (AvgIpc) is 2.85. The fraction of sp³-hybridized carbons (Fsp3) is 0.357. The molecule has 0 aliphatic carbocycles. The van der Waals surface area contributed by atoms with E-state index in [9.17, 15) is 14.4 Å². The van der Waals surface area contributed by atoms with Crippen molar-refractivity contribution < 1.29 is 19.5 Å². The van der Waals surface area contributed by atoms with Gasteiger partial charge in [0, 0.05) is 44.7 Å². The van der Waals surface area contributed by atoms with Crippen LogP contribution in [0.2, 0.25) is 0 Å². The summed E-state index contributed by atoms with van der Waals surface area (Å²) in [6.45, 7) is 0.244. The minimum Gasteiger partial charge on any atom is -0.481 e. The van der Waals surface area contributed by atoms with E-state index in [1.165, 1.54) is 12.1 Å². The minimum atomic E-state index is -0.948. The molecule has 1 aliphatic rings. The average molecular weight is 291 g/mol. The first-order valence-electron chi connectivity index (χ1n) is 6.49. The number of aromatic nitrogens is 1. The zero-order valence-electron chi connectivity index (χ0n) is 11.9. The molecule has 1 amide bonds. The standard InChI is InChI=1S/C14H17N3O4/c1-16(2)4-3-12(18)9-5-11-14(21)15-7-10(6-13(19)20)17(11)8-9/h3-5,8,10H,6-7H2,1-2H3,(H,15,21)(H,19,20). The first kappa shape index (κ1) is 14.8. The molecule has 7 heteroatoms. The van der Waals surface area contributed by atoms with Crippen molar-refractivity contribution in [1.82, 2.24) is 14.8 Å². The van der Waals surface area contributed by atoms with Crippen LogP contribution in [0, 0.1) is 0 Å². The van der Waals surface area contributed by atoms with E-state index in [0.717, 1.165) is 0 Å². The van der Waals surface area contributed by atoms with Crippen LogP contribution in [0.4, 0.5) is 0 Å². The second-order valence-corrected chi connectivity index (χ2v) is 5.13. The monoisotopic (exact) mass is 291 g/mol. The second kappa shape index (κ2) is 5.82. The van der Waals surface area contributed by atoms with Gasteiger partial charge in [-0.2, -0.15) is 0 Å². The van der Waals surface area contributed by atoms with E-state index in [4.69, 9.17) is 5.11 Å². The summed E-state index contributed by atoms with van der Waals surface area (Å²) in [5.74, 6) is -1.48. The highest BCUT2D eigenvalue weighted by Gasteiger charge is 2.27. The molecule has 1 aliphatic heterocycles. The van der Waals surface area contributed by atoms with E-state index >= 15 is 0 Å². The van der Waals surface area contributed by atoms with Crippen molar-refractivity contribution in [3.63, 3.8) is 0 Å². The molecular weight excluding hydrogens is 274 g/mol. The summed E-state index contributed by atoms with van der Waals surface area (Å²) in [6, 6.07) is 1.11. The summed E-state index contributed by atoms with van der Waals surface area (Å²) in [6.07, 6.45) is 4.46. The Morgan fingerprint density at radius 3 is 2.86 bits per heavy atom. The highest BCUT2D eigenvalue weighted by atomic mass is 16.4. The van der Waals surface area contributed by atoms with Crippen LogP contribution in [0.1, 0.15) is 33.3 Å². The molecule has 2 heterocycles. The van der Waals surface area contributed by atoms with Crippen molar-refractivity contribution >= 4 is 17.7 Å². The lowest BCUT2D eigenvalue weighted by Crippen LogP contribution is -2.39. The van der Waals surface area contributed by atoms with Gasteiger partial charge in [-0.3, -0.25) is 14.4 Å². The molecule has 21 heavy (non-hydrogen) atoms. The number of nitrogens with zero attached hydrogens (tertiary/aromatic N) is 2. The molecule has 7 nitrogen and oxygen atoms in total. The number of aliphatic carboxylic acids is 1. The van der Waals surface area contributed by atoms with Crippen molar-refractivity contribution in [3.05, 3.63) is 35.8 Å². The number of hydrogen-bond donors (Lipinski definition) is 2. The topological polar surface area (TPSA) is 91.6 Å². The van der Waals surface area contributed by atoms with E-state index in [-0.39, 0.29) is 30.7 Å². The molecule has 2 N–H and O–H groups in total. The van der Waals surface area contributed by atoms with Crippen LogP contribution in [-0.2, 0) is 4.79 Å². The second-order valence-electron chi connectivity index (χ2n) is 5.13. The van der Waals surface area contributed by atoms with Gasteiger partial charge >= 0.3 is 5.97 Å². The number of fused-ring (bicyclic) bond motifs is 1. The molecule has 0 saturated heterocycles. The van der Waals surface area contributed by atoms with E-state index < -0.39 is 5.97 Å². The summed E-state index contributed by atoms with van der Waals surface area (Å²) < 4.78 is 1.57. The molecule has 0 radical (unpaired) electrons. The van der Waals surface area contributed by atoms with Crippen LogP contribution in [0.5, 0.6) is 0 Å². The summed E-state index contributed by atoms with van der Waals surface area (Å²) in [5, 5.41) is 11.5. The number of carboxylic acids is 1. The van der Waals surface area contributed by atoms with Crippen LogP contribution in [-0.4, -0.2) is 52.9 Å². The van der Waals surface area contributed by atoms with Crippen LogP contribution in [0.15, 0.2) is 24.5 Å². The van der Waals surface area contributed by atoms with Crippen LogP contribution in [0.25, 0.3) is 0 Å². The maximum atomic E-state index is 12.0. The smallest absolute Gasteiger partial charge is 0.305 e. The molecule has 1 atom stereocenters. The van der Waals surface area contributed by atoms with E-state index in [2.05, 4.69) is 5.32 Å². The maximum Gasteiger partial charge on any atom is 0.305 e. The van der Waals surface area contributed by atoms with Gasteiger partial charge in [0.05, 0.1) is 12.5 Å². The Kier molecular flexibility index (Phi) is 4.11. The van der Waals surface area contributed by atoms with Gasteiger partial charge in [-0.1, -0.05) is 0 Å². The fourth-order valence-electron chi connectivity index (χ4n) is 2.18. The lowest BCUT2D eigenvalue weighted by Gasteiger charge is -2.24. The number of carbonyl (C=O) groups excluding carboxylic acids is 2. The Hall–Kier alpha value is -2.57. The summed E-state index contributed by atoms with van der Waals surface area (Å²) in [5.41, 5.74) is 0.685. The molecule has 1 unspecified atom stereocenters. The largest absolute Gasteiger partial charge is 0.481 e. The van der Waals surface area contributed by atoms with E-state index in [1.807, 2.05) is 0 Å². The van der Waals surface area contributed by atoms with Gasteiger partial charge in [-0.15, -0.1) is 0 Å². The third-order valence-corrected chi connectivity index (χ3v) is 3.19. The Morgan fingerprint density at radius 2 is 2.24 bits per heavy atom. The van der Waals surface area contributed by atoms with Gasteiger partial charge < -0.3 is 19.9 Å². The van der Waals surface area contributed by atoms with Gasteiger partial charge in [0.25, 0.3) is 5.91 Å². The molecular formula is C14H17N3O4. The van der Waals surface area contributed by atoms with Gasteiger partial charge in [-0.25, -0.2) is 0 Å². The van der Waals surface area contributed by atoms with Crippen molar-refractivity contribution in [3.8, 4) is 0 Å². The highest BCUT2D eigenvalue weighted by molar-refractivity contribution is 6.06. The highest BCUT2D eigenvalue weighted by Crippen LogP contribution is 2.22. The molecule has 1 aromatic heterocycles. The number of ketones is 1. The van der Waals surface area contributed by atoms with E-state index in [0.29, 0.717) is 11.3 Å². The quantitative estimate of drug-likeness (QED) is 0.609. The third kappa shape index (κ3) is 3.31. The minimum absolute atomic E-state index is 0.108. The summed E-state index contributed by atoms with van der Waals surface area (Å²) in [7, 11) is 3.59. The van der Waals surface area contributed by atoms with Crippen molar-refractivity contribution in [2.24, 2.45) is 0 Å². The number of amides is 1. The molecule has 0 saturated carbocycles. The number of nitrogens with one attached hydrogen (secondary N) is 1. The van der Waals surface area contributed by atoms with Gasteiger partial charge in [-0.05, 0) is 6.07 Å². The first-order valence-corrected chi connectivity index (χ1v) is 6.49. The van der Waals surface area contributed by atoms with E-state index in [1.54, 1.807) is 36.0 Å². The van der Waals surface area contributed by atoms with Crippen molar-refractivity contribution in [1.29, 1.82) is 0 Å². The molecule has 0 aromatic carbocycles.